The Labute approximate surface area is 115 Å². The number of carbonyl (C=O) groups is 1. The minimum atomic E-state index is -0.808. The van der Waals surface area contributed by atoms with E-state index in [9.17, 15) is 9.90 Å². The number of rotatable bonds is 5. The number of aliphatic hydroxyl groups is 1. The fourth-order valence-electron chi connectivity index (χ4n) is 1.40. The largest absolute Gasteiger partial charge is 0.388 e. The molecule has 0 heterocycles. The minimum absolute atomic E-state index is 0.00677. The molecule has 4 nitrogen and oxygen atoms in total. The fourth-order valence-corrected chi connectivity index (χ4v) is 1.40. The minimum Gasteiger partial charge on any atom is -0.388 e. The van der Waals surface area contributed by atoms with Crippen LogP contribution in [-0.4, -0.2) is 22.7 Å². The summed E-state index contributed by atoms with van der Waals surface area (Å²) in [5.41, 5.74) is 0.819. The molecule has 0 saturated carbocycles. The van der Waals surface area contributed by atoms with Crippen LogP contribution in [0.15, 0.2) is 24.3 Å². The Morgan fingerprint density at radius 3 is 2.32 bits per heavy atom. The van der Waals surface area contributed by atoms with Crippen LogP contribution >= 0.6 is 0 Å². The summed E-state index contributed by atoms with van der Waals surface area (Å²) in [7, 11) is 0. The molecule has 0 saturated heterocycles. The summed E-state index contributed by atoms with van der Waals surface area (Å²) < 4.78 is 0. The summed E-state index contributed by atoms with van der Waals surface area (Å²) in [6, 6.07) is 7.40. The smallest absolute Gasteiger partial charge is 0.226 e. The molecule has 1 aromatic rings. The van der Waals surface area contributed by atoms with Gasteiger partial charge in [0.05, 0.1) is 11.6 Å². The van der Waals surface area contributed by atoms with E-state index in [1.807, 2.05) is 45.0 Å². The molecule has 106 valence electrons. The SMILES string of the molecule is CC(C)C(=O)Nc1cccc(NC(C)C(C)(C)O)c1. The van der Waals surface area contributed by atoms with Gasteiger partial charge in [0.25, 0.3) is 0 Å². The van der Waals surface area contributed by atoms with Gasteiger partial charge in [0.15, 0.2) is 0 Å². The molecule has 4 heteroatoms. The highest BCUT2D eigenvalue weighted by Gasteiger charge is 2.21. The van der Waals surface area contributed by atoms with Gasteiger partial charge in [-0.2, -0.15) is 0 Å². The summed E-state index contributed by atoms with van der Waals surface area (Å²) in [5, 5.41) is 16.0. The molecule has 1 unspecified atom stereocenters. The van der Waals surface area contributed by atoms with Crippen molar-refractivity contribution in [1.82, 2.24) is 0 Å². The zero-order chi connectivity index (χ0) is 14.6. The molecule has 3 N–H and O–H groups in total. The third-order valence-electron chi connectivity index (χ3n) is 3.10. The van der Waals surface area contributed by atoms with Gasteiger partial charge in [-0.05, 0) is 39.0 Å². The number of nitrogens with one attached hydrogen (secondary N) is 2. The Morgan fingerprint density at radius 2 is 1.79 bits per heavy atom. The van der Waals surface area contributed by atoms with Gasteiger partial charge >= 0.3 is 0 Å². The highest BCUT2D eigenvalue weighted by atomic mass is 16.3. The lowest BCUT2D eigenvalue weighted by atomic mass is 10.0. The van der Waals surface area contributed by atoms with Crippen LogP contribution in [0.2, 0.25) is 0 Å². The van der Waals surface area contributed by atoms with Crippen molar-refractivity contribution < 1.29 is 9.90 Å². The molecule has 1 rings (SSSR count). The number of benzene rings is 1. The van der Waals surface area contributed by atoms with E-state index in [0.717, 1.165) is 11.4 Å². The Balaban J connectivity index is 2.75. The average Bonchev–Trinajstić information content (AvgIpc) is 2.27. The maximum absolute atomic E-state index is 11.6. The molecule has 0 spiro atoms. The number of hydrogen-bond donors (Lipinski definition) is 3. The first-order valence-electron chi connectivity index (χ1n) is 6.60. The predicted molar refractivity (Wildman–Crippen MR) is 79.3 cm³/mol. The number of carbonyl (C=O) groups excluding carboxylic acids is 1. The van der Waals surface area contributed by atoms with Gasteiger partial charge in [-0.3, -0.25) is 4.79 Å². The lowest BCUT2D eigenvalue weighted by Crippen LogP contribution is -2.39. The van der Waals surface area contributed by atoms with E-state index in [2.05, 4.69) is 10.6 Å². The van der Waals surface area contributed by atoms with Crippen LogP contribution in [0, 0.1) is 5.92 Å². The molecule has 0 aliphatic heterocycles. The Kier molecular flexibility index (Phi) is 4.95. The summed E-state index contributed by atoms with van der Waals surface area (Å²) in [5.74, 6) is -0.0559. The van der Waals surface area contributed by atoms with Gasteiger partial charge in [-0.25, -0.2) is 0 Å². The Morgan fingerprint density at radius 1 is 1.21 bits per heavy atom. The van der Waals surface area contributed by atoms with E-state index >= 15 is 0 Å². The average molecular weight is 264 g/mol. The van der Waals surface area contributed by atoms with E-state index in [1.165, 1.54) is 0 Å². The van der Waals surface area contributed by atoms with Crippen LogP contribution in [0.1, 0.15) is 34.6 Å². The molecular weight excluding hydrogens is 240 g/mol. The molecule has 0 aliphatic carbocycles. The predicted octanol–water partition coefficient (Wildman–Crippen LogP) is 2.85. The normalized spacial score (nSPS) is 13.2. The first-order chi connectivity index (χ1) is 8.70. The van der Waals surface area contributed by atoms with E-state index in [1.54, 1.807) is 13.8 Å². The van der Waals surface area contributed by atoms with Crippen LogP contribution in [-0.2, 0) is 4.79 Å². The quantitative estimate of drug-likeness (QED) is 0.766. The summed E-state index contributed by atoms with van der Waals surface area (Å²) >= 11 is 0. The van der Waals surface area contributed by atoms with Crippen molar-refractivity contribution in [2.75, 3.05) is 10.6 Å². The first kappa shape index (κ1) is 15.5. The van der Waals surface area contributed by atoms with Crippen molar-refractivity contribution in [3.8, 4) is 0 Å². The van der Waals surface area contributed by atoms with Gasteiger partial charge in [-0.1, -0.05) is 19.9 Å². The molecule has 0 aliphatic rings. The van der Waals surface area contributed by atoms with E-state index in [4.69, 9.17) is 0 Å². The highest BCUT2D eigenvalue weighted by Crippen LogP contribution is 2.19. The zero-order valence-corrected chi connectivity index (χ0v) is 12.3. The first-order valence-corrected chi connectivity index (χ1v) is 6.60. The number of anilines is 2. The second-order valence-corrected chi connectivity index (χ2v) is 5.74. The molecule has 1 atom stereocenters. The van der Waals surface area contributed by atoms with Crippen LogP contribution in [0.5, 0.6) is 0 Å². The van der Waals surface area contributed by atoms with Crippen molar-refractivity contribution in [3.05, 3.63) is 24.3 Å². The summed E-state index contributed by atoms with van der Waals surface area (Å²) in [6.07, 6.45) is 0. The maximum atomic E-state index is 11.6. The van der Waals surface area contributed by atoms with E-state index in [-0.39, 0.29) is 17.9 Å². The van der Waals surface area contributed by atoms with E-state index in [0.29, 0.717) is 0 Å². The van der Waals surface area contributed by atoms with Gasteiger partial charge in [0.2, 0.25) is 5.91 Å². The monoisotopic (exact) mass is 264 g/mol. The van der Waals surface area contributed by atoms with Crippen LogP contribution < -0.4 is 10.6 Å². The second-order valence-electron chi connectivity index (χ2n) is 5.74. The van der Waals surface area contributed by atoms with Crippen LogP contribution in [0.4, 0.5) is 11.4 Å². The molecule has 0 radical (unpaired) electrons. The maximum Gasteiger partial charge on any atom is 0.226 e. The molecule has 1 amide bonds. The summed E-state index contributed by atoms with van der Waals surface area (Å²) in [6.45, 7) is 9.14. The molecule has 0 bridgehead atoms. The van der Waals surface area contributed by atoms with Crippen LogP contribution in [0.3, 0.4) is 0 Å². The molecule has 0 fully saturated rings. The van der Waals surface area contributed by atoms with Crippen LogP contribution in [0.25, 0.3) is 0 Å². The lowest BCUT2D eigenvalue weighted by Gasteiger charge is -2.27. The van der Waals surface area contributed by atoms with Crippen molar-refractivity contribution >= 4 is 17.3 Å². The number of hydrogen-bond acceptors (Lipinski definition) is 3. The topological polar surface area (TPSA) is 61.4 Å². The molecular formula is C15H24N2O2. The zero-order valence-electron chi connectivity index (χ0n) is 12.3. The summed E-state index contributed by atoms with van der Waals surface area (Å²) in [4.78, 5) is 11.6. The second kappa shape index (κ2) is 6.06. The lowest BCUT2D eigenvalue weighted by molar-refractivity contribution is -0.118. The molecule has 19 heavy (non-hydrogen) atoms. The van der Waals surface area contributed by atoms with Gasteiger partial charge in [0, 0.05) is 17.3 Å². The van der Waals surface area contributed by atoms with Crippen molar-refractivity contribution in [1.29, 1.82) is 0 Å². The number of amides is 1. The van der Waals surface area contributed by atoms with Gasteiger partial charge < -0.3 is 15.7 Å². The highest BCUT2D eigenvalue weighted by molar-refractivity contribution is 5.92. The van der Waals surface area contributed by atoms with Gasteiger partial charge in [-0.15, -0.1) is 0 Å². The Bertz CT molecular complexity index is 436. The van der Waals surface area contributed by atoms with Crippen molar-refractivity contribution in [2.24, 2.45) is 5.92 Å². The standard InChI is InChI=1S/C15H24N2O2/c1-10(2)14(18)17-13-8-6-7-12(9-13)16-11(3)15(4,5)19/h6-11,16,19H,1-5H3,(H,17,18). The van der Waals surface area contributed by atoms with E-state index < -0.39 is 5.60 Å². The molecule has 1 aromatic carbocycles. The van der Waals surface area contributed by atoms with Gasteiger partial charge in [0.1, 0.15) is 0 Å². The third kappa shape index (κ3) is 4.91. The Hall–Kier alpha value is -1.55. The third-order valence-corrected chi connectivity index (χ3v) is 3.10. The fraction of sp³-hybridized carbons (Fsp3) is 0.533. The van der Waals surface area contributed by atoms with Crippen molar-refractivity contribution in [2.45, 2.75) is 46.3 Å². The van der Waals surface area contributed by atoms with Crippen molar-refractivity contribution in [3.63, 3.8) is 0 Å². The molecule has 0 aromatic heterocycles.